The second-order valence-electron chi connectivity index (χ2n) is 2.59. The number of fused-ring (bicyclic) bond motifs is 1. The number of benzene rings is 1. The summed E-state index contributed by atoms with van der Waals surface area (Å²) in [4.78, 5) is 17.6. The number of aromatic amines is 1. The SMILES string of the molecule is NC(=O)Nc1cccc2[nH]cnc12. The van der Waals surface area contributed by atoms with Crippen molar-refractivity contribution in [3.8, 4) is 0 Å². The van der Waals surface area contributed by atoms with Gasteiger partial charge in [0, 0.05) is 0 Å². The summed E-state index contributed by atoms with van der Waals surface area (Å²) >= 11 is 0. The molecule has 0 aliphatic rings. The molecule has 5 nitrogen and oxygen atoms in total. The number of hydrogen-bond donors (Lipinski definition) is 3. The fourth-order valence-corrected chi connectivity index (χ4v) is 1.20. The van der Waals surface area contributed by atoms with Crippen molar-refractivity contribution in [1.82, 2.24) is 9.97 Å². The van der Waals surface area contributed by atoms with E-state index in [0.717, 1.165) is 5.52 Å². The van der Waals surface area contributed by atoms with Crippen molar-refractivity contribution >= 4 is 22.8 Å². The van der Waals surface area contributed by atoms with Crippen LogP contribution >= 0.6 is 0 Å². The lowest BCUT2D eigenvalue weighted by Crippen LogP contribution is -2.19. The summed E-state index contributed by atoms with van der Waals surface area (Å²) in [5.41, 5.74) is 7.19. The zero-order chi connectivity index (χ0) is 9.26. The van der Waals surface area contributed by atoms with Gasteiger partial charge in [-0.3, -0.25) is 0 Å². The fraction of sp³-hybridized carbons (Fsp3) is 0. The first-order chi connectivity index (χ1) is 6.27. The number of rotatable bonds is 1. The van der Waals surface area contributed by atoms with Crippen LogP contribution in [0.15, 0.2) is 24.5 Å². The summed E-state index contributed by atoms with van der Waals surface area (Å²) in [5.74, 6) is 0. The van der Waals surface area contributed by atoms with E-state index in [2.05, 4.69) is 15.3 Å². The number of carbonyl (C=O) groups excluding carboxylic acids is 1. The van der Waals surface area contributed by atoms with Crippen LogP contribution in [0.3, 0.4) is 0 Å². The van der Waals surface area contributed by atoms with Crippen molar-refractivity contribution in [2.45, 2.75) is 0 Å². The average Bonchev–Trinajstić information content (AvgIpc) is 2.51. The summed E-state index contributed by atoms with van der Waals surface area (Å²) in [7, 11) is 0. The van der Waals surface area contributed by atoms with Crippen LogP contribution in [0.4, 0.5) is 10.5 Å². The average molecular weight is 176 g/mol. The van der Waals surface area contributed by atoms with Crippen LogP contribution in [0.25, 0.3) is 11.0 Å². The molecule has 5 heteroatoms. The first kappa shape index (κ1) is 7.60. The largest absolute Gasteiger partial charge is 0.351 e. The Balaban J connectivity index is 2.54. The normalized spacial score (nSPS) is 10.2. The minimum Gasteiger partial charge on any atom is -0.351 e. The van der Waals surface area contributed by atoms with E-state index >= 15 is 0 Å². The molecule has 0 fully saturated rings. The summed E-state index contributed by atoms with van der Waals surface area (Å²) in [6, 6.07) is 4.84. The van der Waals surface area contributed by atoms with Crippen LogP contribution in [0.2, 0.25) is 0 Å². The molecule has 0 atom stereocenters. The van der Waals surface area contributed by atoms with Crippen molar-refractivity contribution in [3.63, 3.8) is 0 Å². The quantitative estimate of drug-likeness (QED) is 0.606. The Labute approximate surface area is 74.0 Å². The lowest BCUT2D eigenvalue weighted by Gasteiger charge is -2.00. The van der Waals surface area contributed by atoms with Crippen LogP contribution in [-0.4, -0.2) is 16.0 Å². The Bertz CT molecular complexity index is 448. The number of H-pyrrole nitrogens is 1. The summed E-state index contributed by atoms with van der Waals surface area (Å²) in [6.07, 6.45) is 1.57. The standard InChI is InChI=1S/C8H8N4O/c9-8(13)12-6-3-1-2-5-7(6)11-4-10-5/h1-4H,(H,10,11)(H3,9,12,13). The molecule has 1 aromatic carbocycles. The van der Waals surface area contributed by atoms with Gasteiger partial charge in [0.25, 0.3) is 0 Å². The van der Waals surface area contributed by atoms with Gasteiger partial charge < -0.3 is 16.0 Å². The first-order valence-corrected chi connectivity index (χ1v) is 3.76. The number of primary amides is 1. The number of nitrogens with two attached hydrogens (primary N) is 1. The van der Waals surface area contributed by atoms with Gasteiger partial charge >= 0.3 is 6.03 Å². The highest BCUT2D eigenvalue weighted by atomic mass is 16.2. The Hall–Kier alpha value is -2.04. The zero-order valence-corrected chi connectivity index (χ0v) is 6.74. The minimum atomic E-state index is -0.587. The topological polar surface area (TPSA) is 83.8 Å². The van der Waals surface area contributed by atoms with Crippen LogP contribution in [0, 0.1) is 0 Å². The number of nitrogens with zero attached hydrogens (tertiary/aromatic N) is 1. The molecule has 0 bridgehead atoms. The maximum atomic E-state index is 10.6. The van der Waals surface area contributed by atoms with E-state index in [1.54, 1.807) is 12.4 Å². The molecular weight excluding hydrogens is 168 g/mol. The molecule has 0 aliphatic heterocycles. The number of urea groups is 1. The Morgan fingerprint density at radius 3 is 3.15 bits per heavy atom. The summed E-state index contributed by atoms with van der Waals surface area (Å²) in [6.45, 7) is 0. The van der Waals surface area contributed by atoms with E-state index in [1.165, 1.54) is 0 Å². The van der Waals surface area contributed by atoms with Gasteiger partial charge in [0.2, 0.25) is 0 Å². The predicted molar refractivity (Wildman–Crippen MR) is 49.3 cm³/mol. The molecule has 0 unspecified atom stereocenters. The summed E-state index contributed by atoms with van der Waals surface area (Å²) < 4.78 is 0. The molecule has 66 valence electrons. The summed E-state index contributed by atoms with van der Waals surface area (Å²) in [5, 5.41) is 2.49. The molecule has 13 heavy (non-hydrogen) atoms. The monoisotopic (exact) mass is 176 g/mol. The van der Waals surface area contributed by atoms with Crippen molar-refractivity contribution < 1.29 is 4.79 Å². The van der Waals surface area contributed by atoms with E-state index in [-0.39, 0.29) is 0 Å². The molecule has 0 radical (unpaired) electrons. The molecule has 2 amide bonds. The number of nitrogens with one attached hydrogen (secondary N) is 2. The van der Waals surface area contributed by atoms with E-state index < -0.39 is 6.03 Å². The molecule has 2 aromatic rings. The van der Waals surface area contributed by atoms with Crippen molar-refractivity contribution in [1.29, 1.82) is 0 Å². The smallest absolute Gasteiger partial charge is 0.316 e. The minimum absolute atomic E-state index is 0.587. The lowest BCUT2D eigenvalue weighted by molar-refractivity contribution is 0.259. The second-order valence-corrected chi connectivity index (χ2v) is 2.59. The van der Waals surface area contributed by atoms with Gasteiger partial charge in [0.15, 0.2) is 0 Å². The Morgan fingerprint density at radius 1 is 1.54 bits per heavy atom. The third-order valence-electron chi connectivity index (χ3n) is 1.71. The molecule has 1 heterocycles. The van der Waals surface area contributed by atoms with Gasteiger partial charge in [-0.15, -0.1) is 0 Å². The predicted octanol–water partition coefficient (Wildman–Crippen LogP) is 1.05. The maximum absolute atomic E-state index is 10.6. The molecule has 0 saturated heterocycles. The van der Waals surface area contributed by atoms with E-state index in [0.29, 0.717) is 11.2 Å². The lowest BCUT2D eigenvalue weighted by atomic mass is 10.3. The Kier molecular flexibility index (Phi) is 1.63. The van der Waals surface area contributed by atoms with Gasteiger partial charge in [-0.05, 0) is 12.1 Å². The zero-order valence-electron chi connectivity index (χ0n) is 6.74. The van der Waals surface area contributed by atoms with Gasteiger partial charge in [-0.25, -0.2) is 9.78 Å². The number of imidazole rings is 1. The van der Waals surface area contributed by atoms with Crippen molar-refractivity contribution in [2.24, 2.45) is 5.73 Å². The second kappa shape index (κ2) is 2.78. The molecular formula is C8H8N4O. The van der Waals surface area contributed by atoms with E-state index in [9.17, 15) is 4.79 Å². The number of hydrogen-bond acceptors (Lipinski definition) is 2. The molecule has 4 N–H and O–H groups in total. The number of amides is 2. The highest BCUT2D eigenvalue weighted by molar-refractivity contribution is 5.97. The Morgan fingerprint density at radius 2 is 2.38 bits per heavy atom. The van der Waals surface area contributed by atoms with E-state index in [1.807, 2.05) is 12.1 Å². The van der Waals surface area contributed by atoms with Gasteiger partial charge in [-0.1, -0.05) is 6.07 Å². The molecule has 0 aliphatic carbocycles. The third kappa shape index (κ3) is 1.31. The van der Waals surface area contributed by atoms with Gasteiger partial charge in [-0.2, -0.15) is 0 Å². The highest BCUT2D eigenvalue weighted by Crippen LogP contribution is 2.18. The highest BCUT2D eigenvalue weighted by Gasteiger charge is 2.03. The molecule has 0 spiro atoms. The fourth-order valence-electron chi connectivity index (χ4n) is 1.20. The number of aromatic nitrogens is 2. The number of carbonyl (C=O) groups is 1. The third-order valence-corrected chi connectivity index (χ3v) is 1.71. The maximum Gasteiger partial charge on any atom is 0.316 e. The van der Waals surface area contributed by atoms with Crippen LogP contribution < -0.4 is 11.1 Å². The number of anilines is 1. The molecule has 0 saturated carbocycles. The van der Waals surface area contributed by atoms with Crippen molar-refractivity contribution in [2.75, 3.05) is 5.32 Å². The van der Waals surface area contributed by atoms with Crippen molar-refractivity contribution in [3.05, 3.63) is 24.5 Å². The molecule has 1 aromatic heterocycles. The van der Waals surface area contributed by atoms with Gasteiger partial charge in [0.1, 0.15) is 5.52 Å². The van der Waals surface area contributed by atoms with Gasteiger partial charge in [0.05, 0.1) is 17.5 Å². The molecule has 2 rings (SSSR count). The first-order valence-electron chi connectivity index (χ1n) is 3.76. The number of para-hydroxylation sites is 1. The van der Waals surface area contributed by atoms with E-state index in [4.69, 9.17) is 5.73 Å². The van der Waals surface area contributed by atoms with Crippen LogP contribution in [-0.2, 0) is 0 Å². The van der Waals surface area contributed by atoms with Crippen LogP contribution in [0.1, 0.15) is 0 Å². The van der Waals surface area contributed by atoms with Crippen LogP contribution in [0.5, 0.6) is 0 Å².